The Morgan fingerprint density at radius 2 is 2.05 bits per heavy atom. The molecule has 19 heavy (non-hydrogen) atoms. The van der Waals surface area contributed by atoms with Crippen molar-refractivity contribution in [2.45, 2.75) is 20.0 Å². The lowest BCUT2D eigenvalue weighted by Gasteiger charge is -2.04. The topological polar surface area (TPSA) is 78.3 Å². The maximum absolute atomic E-state index is 5.67. The third kappa shape index (κ3) is 2.37. The fraction of sp³-hybridized carbons (Fsp3) is 0.250. The van der Waals surface area contributed by atoms with Crippen molar-refractivity contribution in [1.29, 1.82) is 0 Å². The van der Waals surface area contributed by atoms with E-state index >= 15 is 0 Å². The molecule has 3 rings (SSSR count). The Morgan fingerprint density at radius 3 is 2.79 bits per heavy atom. The van der Waals surface area contributed by atoms with E-state index < -0.39 is 0 Å². The summed E-state index contributed by atoms with van der Waals surface area (Å²) in [7, 11) is 0. The molecule has 0 unspecified atom stereocenters. The van der Waals surface area contributed by atoms with Crippen LogP contribution >= 0.6 is 11.3 Å². The number of nitrogens with two attached hydrogens (primary N) is 1. The highest BCUT2D eigenvalue weighted by molar-refractivity contribution is 7.20. The molecular weight excluding hydrogens is 262 g/mol. The minimum absolute atomic E-state index is 0.315. The summed E-state index contributed by atoms with van der Waals surface area (Å²) < 4.78 is 7.28. The normalized spacial score (nSPS) is 11.0. The van der Waals surface area contributed by atoms with Gasteiger partial charge in [-0.15, -0.1) is 15.3 Å². The first-order valence-corrected chi connectivity index (χ1v) is 6.76. The smallest absolute Gasteiger partial charge is 0.236 e. The molecule has 2 N–H and O–H groups in total. The first-order valence-electron chi connectivity index (χ1n) is 5.94. The van der Waals surface area contributed by atoms with Gasteiger partial charge in [0.25, 0.3) is 0 Å². The molecule has 0 aliphatic heterocycles. The summed E-state index contributed by atoms with van der Waals surface area (Å²) in [4.78, 5) is 0.678. The van der Waals surface area contributed by atoms with Crippen molar-refractivity contribution in [3.63, 3.8) is 0 Å². The first-order chi connectivity index (χ1) is 9.26. The zero-order valence-corrected chi connectivity index (χ0v) is 11.2. The Balaban J connectivity index is 1.74. The van der Waals surface area contributed by atoms with Gasteiger partial charge in [0.2, 0.25) is 10.1 Å². The van der Waals surface area contributed by atoms with E-state index in [1.54, 1.807) is 4.52 Å². The largest absolute Gasteiger partial charge is 0.486 e. The van der Waals surface area contributed by atoms with Crippen LogP contribution in [0, 0.1) is 0 Å². The molecule has 2 aromatic heterocycles. The predicted molar refractivity (Wildman–Crippen MR) is 73.2 cm³/mol. The Morgan fingerprint density at radius 1 is 1.26 bits per heavy atom. The fourth-order valence-electron chi connectivity index (χ4n) is 1.73. The summed E-state index contributed by atoms with van der Waals surface area (Å²) in [6.45, 7) is 2.44. The quantitative estimate of drug-likeness (QED) is 0.787. The number of rotatable bonds is 4. The molecule has 2 heterocycles. The number of aromatic nitrogens is 4. The minimum atomic E-state index is 0.315. The lowest BCUT2D eigenvalue weighted by molar-refractivity contribution is 0.293. The maximum Gasteiger partial charge on any atom is 0.236 e. The van der Waals surface area contributed by atoms with E-state index in [0.29, 0.717) is 22.5 Å². The number of nitrogens with zero attached hydrogens (tertiary/aromatic N) is 4. The van der Waals surface area contributed by atoms with Crippen molar-refractivity contribution in [3.05, 3.63) is 35.7 Å². The zero-order chi connectivity index (χ0) is 13.2. The molecule has 0 radical (unpaired) electrons. The van der Waals surface area contributed by atoms with Crippen LogP contribution in [0.1, 0.15) is 18.3 Å². The van der Waals surface area contributed by atoms with Gasteiger partial charge >= 0.3 is 0 Å². The second kappa shape index (κ2) is 4.85. The number of aryl methyl sites for hydroxylation is 1. The number of hydrogen-bond acceptors (Lipinski definition) is 6. The van der Waals surface area contributed by atoms with E-state index in [1.807, 2.05) is 12.1 Å². The average Bonchev–Trinajstić information content (AvgIpc) is 2.96. The highest BCUT2D eigenvalue weighted by Crippen LogP contribution is 2.17. The van der Waals surface area contributed by atoms with Gasteiger partial charge in [0.1, 0.15) is 12.4 Å². The first kappa shape index (κ1) is 11.9. The van der Waals surface area contributed by atoms with E-state index in [0.717, 1.165) is 12.2 Å². The zero-order valence-electron chi connectivity index (χ0n) is 10.4. The number of ether oxygens (including phenoxy) is 1. The van der Waals surface area contributed by atoms with Gasteiger partial charge in [-0.25, -0.2) is 0 Å². The minimum Gasteiger partial charge on any atom is -0.486 e. The second-order valence-electron chi connectivity index (χ2n) is 4.04. The van der Waals surface area contributed by atoms with Gasteiger partial charge in [-0.05, 0) is 24.1 Å². The molecule has 0 fully saturated rings. The van der Waals surface area contributed by atoms with Gasteiger partial charge in [-0.3, -0.25) is 0 Å². The van der Waals surface area contributed by atoms with E-state index in [1.165, 1.54) is 16.9 Å². The van der Waals surface area contributed by atoms with Crippen LogP contribution in [0.2, 0.25) is 0 Å². The highest BCUT2D eigenvalue weighted by Gasteiger charge is 2.10. The van der Waals surface area contributed by atoms with Crippen LogP contribution < -0.4 is 10.5 Å². The molecule has 0 saturated heterocycles. The fourth-order valence-corrected chi connectivity index (χ4v) is 2.36. The van der Waals surface area contributed by atoms with Gasteiger partial charge in [0.05, 0.1) is 0 Å². The van der Waals surface area contributed by atoms with Crippen molar-refractivity contribution in [1.82, 2.24) is 19.8 Å². The Kier molecular flexibility index (Phi) is 3.04. The summed E-state index contributed by atoms with van der Waals surface area (Å²) in [5.41, 5.74) is 6.90. The maximum atomic E-state index is 5.67. The molecule has 6 nitrogen and oxygen atoms in total. The number of fused-ring (bicyclic) bond motifs is 1. The molecule has 98 valence electrons. The van der Waals surface area contributed by atoms with E-state index in [-0.39, 0.29) is 0 Å². The molecule has 0 spiro atoms. The summed E-state index contributed by atoms with van der Waals surface area (Å²) in [6, 6.07) is 8.00. The molecule has 0 aliphatic rings. The lowest BCUT2D eigenvalue weighted by Crippen LogP contribution is -2.02. The standard InChI is InChI=1S/C12H13N5OS/c1-2-8-3-5-9(6-4-8)18-7-10-14-15-12-17(10)16-11(13)19-12/h3-6H,2,7H2,1H3,(H2,13,16). The second-order valence-corrected chi connectivity index (χ2v) is 5.02. The van der Waals surface area contributed by atoms with Gasteiger partial charge in [0.15, 0.2) is 5.82 Å². The summed E-state index contributed by atoms with van der Waals surface area (Å²) in [5, 5.41) is 12.6. The lowest BCUT2D eigenvalue weighted by atomic mass is 10.2. The van der Waals surface area contributed by atoms with Crippen LogP contribution in [0.5, 0.6) is 5.75 Å². The Hall–Kier alpha value is -2.15. The predicted octanol–water partition coefficient (Wildman–Crippen LogP) is 1.91. The number of benzene rings is 1. The van der Waals surface area contributed by atoms with Crippen LogP contribution in [0.25, 0.3) is 4.96 Å². The monoisotopic (exact) mass is 275 g/mol. The van der Waals surface area contributed by atoms with Crippen molar-refractivity contribution in [2.24, 2.45) is 0 Å². The van der Waals surface area contributed by atoms with Crippen LogP contribution in [0.15, 0.2) is 24.3 Å². The summed E-state index contributed by atoms with van der Waals surface area (Å²) in [5.74, 6) is 1.44. The third-order valence-electron chi connectivity index (χ3n) is 2.77. The van der Waals surface area contributed by atoms with Crippen LogP contribution in [0.3, 0.4) is 0 Å². The van der Waals surface area contributed by atoms with Gasteiger partial charge in [-0.1, -0.05) is 30.4 Å². The Labute approximate surface area is 113 Å². The van der Waals surface area contributed by atoms with E-state index in [9.17, 15) is 0 Å². The number of hydrogen-bond donors (Lipinski definition) is 1. The molecule has 0 bridgehead atoms. The number of nitrogen functional groups attached to an aromatic ring is 1. The molecule has 0 saturated carbocycles. The molecule has 0 atom stereocenters. The van der Waals surface area contributed by atoms with Gasteiger partial charge in [-0.2, -0.15) is 4.52 Å². The SMILES string of the molecule is CCc1ccc(OCc2nnc3sc(N)nn23)cc1. The molecule has 0 amide bonds. The van der Waals surface area contributed by atoms with E-state index in [4.69, 9.17) is 10.5 Å². The van der Waals surface area contributed by atoms with Crippen LogP contribution in [-0.2, 0) is 13.0 Å². The number of anilines is 1. The van der Waals surface area contributed by atoms with Crippen molar-refractivity contribution in [2.75, 3.05) is 5.73 Å². The summed E-state index contributed by atoms with van der Waals surface area (Å²) >= 11 is 1.30. The molecule has 1 aromatic carbocycles. The molecule has 0 aliphatic carbocycles. The van der Waals surface area contributed by atoms with E-state index in [2.05, 4.69) is 34.4 Å². The van der Waals surface area contributed by atoms with Gasteiger partial charge in [0, 0.05) is 0 Å². The van der Waals surface area contributed by atoms with Crippen LogP contribution in [0.4, 0.5) is 5.13 Å². The van der Waals surface area contributed by atoms with Crippen LogP contribution in [-0.4, -0.2) is 19.8 Å². The molecule has 7 heteroatoms. The Bertz CT molecular complexity index is 688. The van der Waals surface area contributed by atoms with Crippen molar-refractivity contribution >= 4 is 21.4 Å². The summed E-state index contributed by atoms with van der Waals surface area (Å²) in [6.07, 6.45) is 1.02. The van der Waals surface area contributed by atoms with Crippen molar-refractivity contribution < 1.29 is 4.74 Å². The average molecular weight is 275 g/mol. The van der Waals surface area contributed by atoms with Crippen molar-refractivity contribution in [3.8, 4) is 5.75 Å². The molecule has 3 aromatic rings. The molecular formula is C12H13N5OS. The third-order valence-corrected chi connectivity index (χ3v) is 3.50. The van der Waals surface area contributed by atoms with Gasteiger partial charge < -0.3 is 10.5 Å². The highest BCUT2D eigenvalue weighted by atomic mass is 32.1.